The topological polar surface area (TPSA) is 72.1 Å². The molecule has 0 bridgehead atoms. The largest absolute Gasteiger partial charge is 0.397 e. The molecule has 5 nitrogen and oxygen atoms in total. The van der Waals surface area contributed by atoms with Crippen molar-refractivity contribution in [3.05, 3.63) is 35.7 Å². The third-order valence-electron chi connectivity index (χ3n) is 2.85. The fourth-order valence-corrected chi connectivity index (χ4v) is 2.49. The molecule has 0 saturated carbocycles. The molecule has 0 fully saturated rings. The van der Waals surface area contributed by atoms with Crippen molar-refractivity contribution >= 4 is 29.0 Å². The lowest BCUT2D eigenvalue weighted by molar-refractivity contribution is 0.0985. The van der Waals surface area contributed by atoms with Gasteiger partial charge in [-0.3, -0.25) is 4.79 Å². The Balaban J connectivity index is 2.02. The molecule has 0 unspecified atom stereocenters. The van der Waals surface area contributed by atoms with E-state index < -0.39 is 0 Å². The summed E-state index contributed by atoms with van der Waals surface area (Å²) in [6, 6.07) is 5.72. The van der Waals surface area contributed by atoms with Crippen molar-refractivity contribution in [3.63, 3.8) is 0 Å². The van der Waals surface area contributed by atoms with Crippen LogP contribution in [0.1, 0.15) is 16.1 Å². The first-order valence-electron chi connectivity index (χ1n) is 5.24. The summed E-state index contributed by atoms with van der Waals surface area (Å²) in [6.45, 7) is 0.653. The van der Waals surface area contributed by atoms with Crippen LogP contribution in [0, 0.1) is 0 Å². The van der Waals surface area contributed by atoms with E-state index in [1.165, 1.54) is 6.20 Å². The van der Waals surface area contributed by atoms with Crippen LogP contribution < -0.4 is 10.6 Å². The minimum absolute atomic E-state index is 0.129. The minimum atomic E-state index is -0.129. The zero-order valence-corrected chi connectivity index (χ0v) is 9.78. The van der Waals surface area contributed by atoms with Gasteiger partial charge in [0.1, 0.15) is 0 Å². The summed E-state index contributed by atoms with van der Waals surface area (Å²) in [4.78, 5) is 13.9. The van der Waals surface area contributed by atoms with E-state index in [4.69, 9.17) is 5.73 Å². The molecule has 0 spiro atoms. The molecule has 1 aromatic heterocycles. The quantitative estimate of drug-likeness (QED) is 0.770. The molecule has 1 aromatic carbocycles. The number of hydrogen-bond donors (Lipinski definition) is 1. The van der Waals surface area contributed by atoms with Crippen molar-refractivity contribution in [3.8, 4) is 0 Å². The summed E-state index contributed by atoms with van der Waals surface area (Å²) in [7, 11) is 0. The predicted octanol–water partition coefficient (Wildman–Crippen LogP) is 1.32. The molecule has 3 rings (SSSR count). The van der Waals surface area contributed by atoms with Crippen molar-refractivity contribution < 1.29 is 4.79 Å². The van der Waals surface area contributed by atoms with Gasteiger partial charge in [-0.1, -0.05) is 12.1 Å². The summed E-state index contributed by atoms with van der Waals surface area (Å²) in [6.07, 6.45) is 2.33. The van der Waals surface area contributed by atoms with Crippen LogP contribution in [0.4, 0.5) is 11.4 Å². The summed E-state index contributed by atoms with van der Waals surface area (Å²) in [5, 5.41) is 0. The molecule has 0 aliphatic carbocycles. The van der Waals surface area contributed by atoms with Crippen LogP contribution >= 0.6 is 11.7 Å². The number of benzene rings is 1. The third kappa shape index (κ3) is 1.57. The number of nitrogens with two attached hydrogens (primary N) is 1. The molecular formula is C11H10N4OS. The highest BCUT2D eigenvalue weighted by molar-refractivity contribution is 6.99. The van der Waals surface area contributed by atoms with Crippen molar-refractivity contribution in [2.45, 2.75) is 6.42 Å². The zero-order chi connectivity index (χ0) is 11.8. The molecule has 1 aliphatic heterocycles. The summed E-state index contributed by atoms with van der Waals surface area (Å²) >= 11 is 1.03. The number of aromatic nitrogens is 2. The van der Waals surface area contributed by atoms with Crippen LogP contribution in [-0.4, -0.2) is 21.2 Å². The number of carbonyl (C=O) groups is 1. The van der Waals surface area contributed by atoms with E-state index >= 15 is 0 Å². The van der Waals surface area contributed by atoms with Gasteiger partial charge in [-0.15, -0.1) is 0 Å². The van der Waals surface area contributed by atoms with Crippen molar-refractivity contribution in [2.24, 2.45) is 0 Å². The highest BCUT2D eigenvalue weighted by atomic mass is 32.1. The first-order chi connectivity index (χ1) is 8.27. The monoisotopic (exact) mass is 246 g/mol. The Bertz CT molecular complexity index is 567. The predicted molar refractivity (Wildman–Crippen MR) is 66.1 cm³/mol. The standard InChI is InChI=1S/C11H10N4OS/c12-8-3-1-2-7-4-5-15(10(7)8)11(16)9-6-13-17-14-9/h1-3,6H,4-5,12H2. The van der Waals surface area contributed by atoms with E-state index in [0.717, 1.165) is 29.4 Å². The SMILES string of the molecule is Nc1cccc2c1N(C(=O)c1cnsn1)CC2. The molecule has 0 atom stereocenters. The Hall–Kier alpha value is -1.95. The van der Waals surface area contributed by atoms with E-state index in [1.807, 2.05) is 18.2 Å². The average molecular weight is 246 g/mol. The maximum Gasteiger partial charge on any atom is 0.279 e. The van der Waals surface area contributed by atoms with Crippen LogP contribution in [0.5, 0.6) is 0 Å². The molecule has 2 aromatic rings. The summed E-state index contributed by atoms with van der Waals surface area (Å²) in [5.74, 6) is -0.129. The number of anilines is 2. The van der Waals surface area contributed by atoms with E-state index in [-0.39, 0.29) is 5.91 Å². The number of fused-ring (bicyclic) bond motifs is 1. The fraction of sp³-hybridized carbons (Fsp3) is 0.182. The second-order valence-electron chi connectivity index (χ2n) is 3.85. The van der Waals surface area contributed by atoms with Crippen LogP contribution in [0.2, 0.25) is 0 Å². The normalized spacial score (nSPS) is 13.8. The third-order valence-corrected chi connectivity index (χ3v) is 3.33. The van der Waals surface area contributed by atoms with Crippen LogP contribution in [0.3, 0.4) is 0 Å². The van der Waals surface area contributed by atoms with Gasteiger partial charge in [-0.2, -0.15) is 8.75 Å². The Kier molecular flexibility index (Phi) is 2.29. The van der Waals surface area contributed by atoms with Crippen LogP contribution in [0.15, 0.2) is 24.4 Å². The second-order valence-corrected chi connectivity index (χ2v) is 4.41. The molecule has 1 amide bonds. The maximum atomic E-state index is 12.2. The molecule has 2 N–H and O–H groups in total. The fourth-order valence-electron chi connectivity index (χ4n) is 2.09. The lowest BCUT2D eigenvalue weighted by Crippen LogP contribution is -2.29. The van der Waals surface area contributed by atoms with Gasteiger partial charge in [-0.05, 0) is 18.1 Å². The van der Waals surface area contributed by atoms with Gasteiger partial charge in [0.2, 0.25) is 0 Å². The van der Waals surface area contributed by atoms with Gasteiger partial charge in [0.25, 0.3) is 5.91 Å². The molecule has 0 radical (unpaired) electrons. The molecule has 0 saturated heterocycles. The Morgan fingerprint density at radius 1 is 1.47 bits per heavy atom. The molecular weight excluding hydrogens is 236 g/mol. The number of amides is 1. The van der Waals surface area contributed by atoms with Crippen molar-refractivity contribution in [1.29, 1.82) is 0 Å². The lowest BCUT2D eigenvalue weighted by Gasteiger charge is -2.17. The van der Waals surface area contributed by atoms with Crippen molar-refractivity contribution in [1.82, 2.24) is 8.75 Å². The van der Waals surface area contributed by atoms with E-state index in [1.54, 1.807) is 4.90 Å². The summed E-state index contributed by atoms with van der Waals surface area (Å²) < 4.78 is 7.81. The Morgan fingerprint density at radius 3 is 3.12 bits per heavy atom. The van der Waals surface area contributed by atoms with Gasteiger partial charge >= 0.3 is 0 Å². The zero-order valence-electron chi connectivity index (χ0n) is 8.96. The first kappa shape index (κ1) is 10.2. The number of nitrogens with zero attached hydrogens (tertiary/aromatic N) is 3. The van der Waals surface area contributed by atoms with E-state index in [2.05, 4.69) is 8.75 Å². The molecule has 86 valence electrons. The van der Waals surface area contributed by atoms with Gasteiger partial charge in [-0.25, -0.2) is 0 Å². The highest BCUT2D eigenvalue weighted by Crippen LogP contribution is 2.34. The molecule has 1 aliphatic rings. The number of hydrogen-bond acceptors (Lipinski definition) is 5. The van der Waals surface area contributed by atoms with Gasteiger partial charge in [0.05, 0.1) is 29.3 Å². The van der Waals surface area contributed by atoms with Crippen LogP contribution in [0.25, 0.3) is 0 Å². The summed E-state index contributed by atoms with van der Waals surface area (Å²) in [5.41, 5.74) is 8.88. The number of nitrogen functional groups attached to an aromatic ring is 1. The van der Waals surface area contributed by atoms with Gasteiger partial charge in [0.15, 0.2) is 5.69 Å². The molecule has 2 heterocycles. The lowest BCUT2D eigenvalue weighted by atomic mass is 10.1. The smallest absolute Gasteiger partial charge is 0.279 e. The first-order valence-corrected chi connectivity index (χ1v) is 5.97. The van der Waals surface area contributed by atoms with E-state index in [0.29, 0.717) is 17.9 Å². The number of para-hydroxylation sites is 1. The second kappa shape index (κ2) is 3.81. The Morgan fingerprint density at radius 2 is 2.35 bits per heavy atom. The Labute approximate surface area is 102 Å². The van der Waals surface area contributed by atoms with E-state index in [9.17, 15) is 4.79 Å². The maximum absolute atomic E-state index is 12.2. The number of carbonyl (C=O) groups excluding carboxylic acids is 1. The molecule has 6 heteroatoms. The van der Waals surface area contributed by atoms with Gasteiger partial charge in [0, 0.05) is 6.54 Å². The van der Waals surface area contributed by atoms with Crippen LogP contribution in [-0.2, 0) is 6.42 Å². The average Bonchev–Trinajstić information content (AvgIpc) is 2.98. The van der Waals surface area contributed by atoms with Gasteiger partial charge < -0.3 is 10.6 Å². The van der Waals surface area contributed by atoms with Crippen molar-refractivity contribution in [2.75, 3.05) is 17.2 Å². The minimum Gasteiger partial charge on any atom is -0.397 e. The molecule has 17 heavy (non-hydrogen) atoms. The number of rotatable bonds is 1. The highest BCUT2D eigenvalue weighted by Gasteiger charge is 2.28.